The Labute approximate surface area is 121 Å². The first kappa shape index (κ1) is 16.4. The van der Waals surface area contributed by atoms with Gasteiger partial charge >= 0.3 is 5.97 Å². The van der Waals surface area contributed by atoms with Crippen molar-refractivity contribution in [3.63, 3.8) is 0 Å². The topological polar surface area (TPSA) is 63.3 Å². The molecule has 3 nitrogen and oxygen atoms in total. The zero-order valence-corrected chi connectivity index (χ0v) is 12.2. The molecule has 1 aromatic rings. The van der Waals surface area contributed by atoms with E-state index in [9.17, 15) is 4.79 Å². The van der Waals surface area contributed by atoms with E-state index in [4.69, 9.17) is 10.8 Å². The van der Waals surface area contributed by atoms with Crippen LogP contribution in [0, 0.1) is 0 Å². The lowest BCUT2D eigenvalue weighted by molar-refractivity contribution is -0.138. The summed E-state index contributed by atoms with van der Waals surface area (Å²) in [6.45, 7) is 2.22. The van der Waals surface area contributed by atoms with Crippen LogP contribution in [-0.4, -0.2) is 17.1 Å². The Morgan fingerprint density at radius 2 is 1.95 bits per heavy atom. The maximum absolute atomic E-state index is 10.7. The van der Waals surface area contributed by atoms with E-state index in [1.54, 1.807) is 0 Å². The quantitative estimate of drug-likeness (QED) is 0.676. The molecule has 0 aliphatic rings. The summed E-state index contributed by atoms with van der Waals surface area (Å²) in [6.07, 6.45) is 10.9. The standard InChI is InChI=1S/C17H25NO2/c1-2-3-4-5-6-7-8-14-9-11-15(12-10-14)13-16(18)17(19)20/h7-12,16H,2-6,13,18H2,1H3,(H,19,20)/b8-7+/t16-/m0/s1. The summed E-state index contributed by atoms with van der Waals surface area (Å²) in [6, 6.07) is 7.08. The molecule has 0 amide bonds. The molecule has 3 heteroatoms. The predicted molar refractivity (Wildman–Crippen MR) is 83.6 cm³/mol. The molecule has 0 aliphatic heterocycles. The summed E-state index contributed by atoms with van der Waals surface area (Å²) in [5.74, 6) is -0.957. The Morgan fingerprint density at radius 1 is 1.25 bits per heavy atom. The van der Waals surface area contributed by atoms with Gasteiger partial charge in [0.2, 0.25) is 0 Å². The van der Waals surface area contributed by atoms with E-state index in [-0.39, 0.29) is 0 Å². The van der Waals surface area contributed by atoms with E-state index in [0.29, 0.717) is 6.42 Å². The van der Waals surface area contributed by atoms with E-state index >= 15 is 0 Å². The lowest BCUT2D eigenvalue weighted by atomic mass is 10.0. The highest BCUT2D eigenvalue weighted by molar-refractivity contribution is 5.73. The number of hydrogen-bond acceptors (Lipinski definition) is 2. The molecular formula is C17H25NO2. The number of rotatable bonds is 9. The Kier molecular flexibility index (Phi) is 7.66. The zero-order chi connectivity index (χ0) is 14.8. The number of carbonyl (C=O) groups is 1. The van der Waals surface area contributed by atoms with Crippen molar-refractivity contribution in [2.24, 2.45) is 5.73 Å². The number of benzene rings is 1. The van der Waals surface area contributed by atoms with Gasteiger partial charge in [0.15, 0.2) is 0 Å². The summed E-state index contributed by atoms with van der Waals surface area (Å²) in [5, 5.41) is 8.77. The number of aliphatic carboxylic acids is 1. The molecule has 0 radical (unpaired) electrons. The first-order valence-corrected chi connectivity index (χ1v) is 7.37. The minimum atomic E-state index is -0.957. The smallest absolute Gasteiger partial charge is 0.320 e. The van der Waals surface area contributed by atoms with Crippen molar-refractivity contribution >= 4 is 12.0 Å². The maximum atomic E-state index is 10.7. The average molecular weight is 275 g/mol. The Balaban J connectivity index is 2.38. The molecule has 0 saturated carbocycles. The van der Waals surface area contributed by atoms with Gasteiger partial charge in [-0.25, -0.2) is 0 Å². The number of carboxylic acids is 1. The Morgan fingerprint density at radius 3 is 2.55 bits per heavy atom. The second kappa shape index (κ2) is 9.32. The van der Waals surface area contributed by atoms with Gasteiger partial charge in [0, 0.05) is 0 Å². The van der Waals surface area contributed by atoms with E-state index in [1.165, 1.54) is 25.7 Å². The van der Waals surface area contributed by atoms with Crippen LogP contribution in [0.25, 0.3) is 6.08 Å². The highest BCUT2D eigenvalue weighted by Crippen LogP contribution is 2.10. The maximum Gasteiger partial charge on any atom is 0.320 e. The fraction of sp³-hybridized carbons (Fsp3) is 0.471. The fourth-order valence-electron chi connectivity index (χ4n) is 2.01. The molecule has 0 spiro atoms. The Bertz CT molecular complexity index is 423. The molecule has 20 heavy (non-hydrogen) atoms. The van der Waals surface area contributed by atoms with Crippen molar-refractivity contribution in [1.82, 2.24) is 0 Å². The molecule has 0 aliphatic carbocycles. The molecular weight excluding hydrogens is 250 g/mol. The van der Waals surface area contributed by atoms with Crippen molar-refractivity contribution in [3.05, 3.63) is 41.5 Å². The molecule has 0 unspecified atom stereocenters. The van der Waals surface area contributed by atoms with Gasteiger partial charge in [0.05, 0.1) is 0 Å². The van der Waals surface area contributed by atoms with Crippen LogP contribution in [0.15, 0.2) is 30.3 Å². The normalized spacial score (nSPS) is 12.7. The third kappa shape index (κ3) is 6.53. The lowest BCUT2D eigenvalue weighted by Crippen LogP contribution is -2.32. The van der Waals surface area contributed by atoms with Crippen molar-refractivity contribution in [1.29, 1.82) is 0 Å². The van der Waals surface area contributed by atoms with Crippen LogP contribution in [0.4, 0.5) is 0 Å². The van der Waals surface area contributed by atoms with Crippen LogP contribution in [0.3, 0.4) is 0 Å². The molecule has 1 aromatic carbocycles. The fourth-order valence-corrected chi connectivity index (χ4v) is 2.01. The van der Waals surface area contributed by atoms with Crippen molar-refractivity contribution in [2.45, 2.75) is 51.5 Å². The number of nitrogens with two attached hydrogens (primary N) is 1. The summed E-state index contributed by atoms with van der Waals surface area (Å²) < 4.78 is 0. The molecule has 110 valence electrons. The van der Waals surface area contributed by atoms with Gasteiger partial charge in [-0.3, -0.25) is 4.79 Å². The van der Waals surface area contributed by atoms with Crippen LogP contribution in [0.2, 0.25) is 0 Å². The van der Waals surface area contributed by atoms with Crippen LogP contribution < -0.4 is 5.73 Å². The van der Waals surface area contributed by atoms with E-state index < -0.39 is 12.0 Å². The SMILES string of the molecule is CCCCCC/C=C/c1ccc(C[C@H](N)C(=O)O)cc1. The lowest BCUT2D eigenvalue weighted by Gasteiger charge is -2.06. The van der Waals surface area contributed by atoms with Crippen molar-refractivity contribution in [3.8, 4) is 0 Å². The minimum Gasteiger partial charge on any atom is -0.480 e. The molecule has 0 fully saturated rings. The van der Waals surface area contributed by atoms with Gasteiger partial charge in [-0.05, 0) is 30.4 Å². The average Bonchev–Trinajstić information content (AvgIpc) is 2.44. The van der Waals surface area contributed by atoms with Crippen LogP contribution in [-0.2, 0) is 11.2 Å². The first-order valence-electron chi connectivity index (χ1n) is 7.37. The second-order valence-electron chi connectivity index (χ2n) is 5.14. The van der Waals surface area contributed by atoms with Crippen molar-refractivity contribution in [2.75, 3.05) is 0 Å². The zero-order valence-electron chi connectivity index (χ0n) is 12.2. The molecule has 3 N–H and O–H groups in total. The molecule has 0 aromatic heterocycles. The van der Waals surface area contributed by atoms with Gasteiger partial charge in [-0.15, -0.1) is 0 Å². The summed E-state index contributed by atoms with van der Waals surface area (Å²) in [7, 11) is 0. The van der Waals surface area contributed by atoms with Crippen molar-refractivity contribution < 1.29 is 9.90 Å². The molecule has 0 heterocycles. The number of allylic oxidation sites excluding steroid dienone is 1. The van der Waals surface area contributed by atoms with Gasteiger partial charge in [-0.2, -0.15) is 0 Å². The van der Waals surface area contributed by atoms with E-state index in [1.807, 2.05) is 24.3 Å². The monoisotopic (exact) mass is 275 g/mol. The highest BCUT2D eigenvalue weighted by Gasteiger charge is 2.11. The van der Waals surface area contributed by atoms with Crippen LogP contribution >= 0.6 is 0 Å². The Hall–Kier alpha value is -1.61. The van der Waals surface area contributed by atoms with Gasteiger partial charge < -0.3 is 10.8 Å². The predicted octanol–water partition coefficient (Wildman–Crippen LogP) is 3.62. The van der Waals surface area contributed by atoms with E-state index in [2.05, 4.69) is 19.1 Å². The van der Waals surface area contributed by atoms with Crippen LogP contribution in [0.5, 0.6) is 0 Å². The largest absolute Gasteiger partial charge is 0.480 e. The summed E-state index contributed by atoms with van der Waals surface area (Å²) >= 11 is 0. The van der Waals surface area contributed by atoms with Gasteiger partial charge in [0.25, 0.3) is 0 Å². The number of carboxylic acid groups (broad SMARTS) is 1. The second-order valence-corrected chi connectivity index (χ2v) is 5.14. The summed E-state index contributed by atoms with van der Waals surface area (Å²) in [5.41, 5.74) is 7.62. The minimum absolute atomic E-state index is 0.371. The molecule has 0 saturated heterocycles. The molecule has 1 rings (SSSR count). The number of unbranched alkanes of at least 4 members (excludes halogenated alkanes) is 4. The van der Waals surface area contributed by atoms with Gasteiger partial charge in [0.1, 0.15) is 6.04 Å². The first-order chi connectivity index (χ1) is 9.63. The number of hydrogen-bond donors (Lipinski definition) is 2. The molecule has 1 atom stereocenters. The van der Waals surface area contributed by atoms with E-state index in [0.717, 1.165) is 17.5 Å². The van der Waals surface area contributed by atoms with Crippen LogP contribution in [0.1, 0.15) is 50.2 Å². The third-order valence-electron chi connectivity index (χ3n) is 3.29. The highest BCUT2D eigenvalue weighted by atomic mass is 16.4. The third-order valence-corrected chi connectivity index (χ3v) is 3.29. The van der Waals surface area contributed by atoms with Gasteiger partial charge in [-0.1, -0.05) is 62.6 Å². The summed E-state index contributed by atoms with van der Waals surface area (Å²) in [4.78, 5) is 10.7. The molecule has 0 bridgehead atoms.